The van der Waals surface area contributed by atoms with Crippen LogP contribution in [0.25, 0.3) is 0 Å². The van der Waals surface area contributed by atoms with Crippen molar-refractivity contribution in [3.63, 3.8) is 0 Å². The monoisotopic (exact) mass is 426 g/mol. The molecule has 4 rings (SSSR count). The molecule has 1 fully saturated rings. The molecule has 0 amide bonds. The van der Waals surface area contributed by atoms with Crippen LogP contribution in [0.1, 0.15) is 57.8 Å². The quantitative estimate of drug-likeness (QED) is 0.619. The SMILES string of the molecule is Cc1cc(NC(c2ccc(Cl)cc2)c2c(C(=O)O)nn(C3CC3)c2C)cn(C)c1=O. The van der Waals surface area contributed by atoms with Gasteiger partial charge in [-0.05, 0) is 50.5 Å². The van der Waals surface area contributed by atoms with Gasteiger partial charge in [-0.1, -0.05) is 23.7 Å². The standard InChI is InChI=1S/C22H23ClN4O3/c1-12-10-16(11-26(3)21(12)28)24-19(14-4-6-15(23)7-5-14)18-13(2)27(17-8-9-17)25-20(18)22(29)30/h4-7,10-11,17,19,24H,8-9H2,1-3H3,(H,29,30). The van der Waals surface area contributed by atoms with Crippen molar-refractivity contribution in [3.8, 4) is 0 Å². The van der Waals surface area contributed by atoms with Crippen LogP contribution in [-0.4, -0.2) is 25.4 Å². The topological polar surface area (TPSA) is 89.2 Å². The highest BCUT2D eigenvalue weighted by Crippen LogP contribution is 2.39. The van der Waals surface area contributed by atoms with Crippen LogP contribution in [0.3, 0.4) is 0 Å². The fourth-order valence-corrected chi connectivity index (χ4v) is 3.94. The lowest BCUT2D eigenvalue weighted by atomic mass is 9.96. The number of anilines is 1. The molecule has 1 saturated carbocycles. The molecule has 0 bridgehead atoms. The van der Waals surface area contributed by atoms with Crippen molar-refractivity contribution in [2.45, 2.75) is 38.8 Å². The van der Waals surface area contributed by atoms with E-state index in [9.17, 15) is 14.7 Å². The first-order chi connectivity index (χ1) is 14.3. The van der Waals surface area contributed by atoms with E-state index in [1.54, 1.807) is 38.4 Å². The summed E-state index contributed by atoms with van der Waals surface area (Å²) in [5.74, 6) is -1.06. The van der Waals surface area contributed by atoms with Crippen LogP contribution in [0.15, 0.2) is 41.3 Å². The Morgan fingerprint density at radius 3 is 2.50 bits per heavy atom. The smallest absolute Gasteiger partial charge is 0.356 e. The van der Waals surface area contributed by atoms with Crippen molar-refractivity contribution in [2.24, 2.45) is 7.05 Å². The second-order valence-electron chi connectivity index (χ2n) is 7.79. The summed E-state index contributed by atoms with van der Waals surface area (Å²) in [4.78, 5) is 24.2. The van der Waals surface area contributed by atoms with Gasteiger partial charge in [0.05, 0.1) is 17.8 Å². The zero-order chi connectivity index (χ0) is 21.6. The first-order valence-corrected chi connectivity index (χ1v) is 10.2. The normalized spacial score (nSPS) is 14.5. The number of nitrogens with one attached hydrogen (secondary N) is 1. The van der Waals surface area contributed by atoms with E-state index in [4.69, 9.17) is 11.6 Å². The van der Waals surface area contributed by atoms with Gasteiger partial charge >= 0.3 is 5.97 Å². The van der Waals surface area contributed by atoms with Crippen molar-refractivity contribution >= 4 is 23.3 Å². The van der Waals surface area contributed by atoms with Crippen LogP contribution in [0, 0.1) is 13.8 Å². The summed E-state index contributed by atoms with van der Waals surface area (Å²) < 4.78 is 3.34. The number of hydrogen-bond donors (Lipinski definition) is 2. The zero-order valence-corrected chi connectivity index (χ0v) is 17.8. The summed E-state index contributed by atoms with van der Waals surface area (Å²) in [6, 6.07) is 8.84. The molecule has 30 heavy (non-hydrogen) atoms. The zero-order valence-electron chi connectivity index (χ0n) is 17.0. The van der Waals surface area contributed by atoms with Crippen molar-refractivity contribution in [3.05, 3.63) is 80.0 Å². The number of aromatic nitrogens is 3. The Balaban J connectivity index is 1.87. The molecule has 156 valence electrons. The number of hydrogen-bond acceptors (Lipinski definition) is 4. The molecule has 1 aliphatic rings. The van der Waals surface area contributed by atoms with Crippen LogP contribution in [0.4, 0.5) is 5.69 Å². The molecule has 1 aromatic carbocycles. The number of aromatic carboxylic acids is 1. The second-order valence-corrected chi connectivity index (χ2v) is 8.22. The van der Waals surface area contributed by atoms with Crippen molar-refractivity contribution in [1.29, 1.82) is 0 Å². The number of rotatable bonds is 6. The minimum absolute atomic E-state index is 0.0355. The van der Waals surface area contributed by atoms with Crippen LogP contribution in [0.5, 0.6) is 0 Å². The van der Waals surface area contributed by atoms with Gasteiger partial charge in [0.2, 0.25) is 0 Å². The maximum absolute atomic E-state index is 12.1. The summed E-state index contributed by atoms with van der Waals surface area (Å²) in [6.07, 6.45) is 3.71. The summed E-state index contributed by atoms with van der Waals surface area (Å²) in [5.41, 5.74) is 3.56. The van der Waals surface area contributed by atoms with E-state index < -0.39 is 12.0 Å². The number of pyridine rings is 1. The Morgan fingerprint density at radius 2 is 1.93 bits per heavy atom. The Labute approximate surface area is 178 Å². The predicted molar refractivity (Wildman–Crippen MR) is 116 cm³/mol. The van der Waals surface area contributed by atoms with Crippen molar-refractivity contribution < 1.29 is 9.90 Å². The maximum atomic E-state index is 12.1. The Bertz CT molecular complexity index is 1150. The van der Waals surface area contributed by atoms with E-state index in [1.165, 1.54) is 4.57 Å². The number of carbonyl (C=O) groups is 1. The van der Waals surface area contributed by atoms with E-state index >= 15 is 0 Å². The largest absolute Gasteiger partial charge is 0.476 e. The summed E-state index contributed by atoms with van der Waals surface area (Å²) in [6.45, 7) is 3.66. The van der Waals surface area contributed by atoms with Gasteiger partial charge in [-0.3, -0.25) is 9.48 Å². The molecule has 2 N–H and O–H groups in total. The number of benzene rings is 1. The summed E-state index contributed by atoms with van der Waals surface area (Å²) >= 11 is 6.08. The molecule has 3 aromatic rings. The number of carboxylic acid groups (broad SMARTS) is 1. The lowest BCUT2D eigenvalue weighted by Crippen LogP contribution is -2.21. The second kappa shape index (κ2) is 7.65. The third-order valence-corrected chi connectivity index (χ3v) is 5.71. The molecule has 2 heterocycles. The van der Waals surface area contributed by atoms with Gasteiger partial charge in [0, 0.05) is 35.1 Å². The van der Waals surface area contributed by atoms with Crippen LogP contribution < -0.4 is 10.9 Å². The Morgan fingerprint density at radius 1 is 1.27 bits per heavy atom. The van der Waals surface area contributed by atoms with Gasteiger partial charge in [-0.15, -0.1) is 0 Å². The van der Waals surface area contributed by atoms with Crippen molar-refractivity contribution in [1.82, 2.24) is 14.3 Å². The molecular weight excluding hydrogens is 404 g/mol. The third-order valence-electron chi connectivity index (χ3n) is 5.46. The third kappa shape index (κ3) is 3.73. The van der Waals surface area contributed by atoms with Gasteiger partial charge in [-0.25, -0.2) is 4.79 Å². The maximum Gasteiger partial charge on any atom is 0.356 e. The van der Waals surface area contributed by atoms with Gasteiger partial charge in [-0.2, -0.15) is 5.10 Å². The fourth-order valence-electron chi connectivity index (χ4n) is 3.81. The first kappa shape index (κ1) is 20.2. The molecule has 8 heteroatoms. The van der Waals surface area contributed by atoms with Crippen LogP contribution in [0.2, 0.25) is 5.02 Å². The summed E-state index contributed by atoms with van der Waals surface area (Å²) in [7, 11) is 1.69. The van der Waals surface area contributed by atoms with E-state index in [1.807, 2.05) is 23.7 Å². The van der Waals surface area contributed by atoms with E-state index in [0.717, 1.165) is 24.1 Å². The van der Waals surface area contributed by atoms with E-state index in [0.29, 0.717) is 21.8 Å². The highest BCUT2D eigenvalue weighted by atomic mass is 35.5. The number of halogens is 1. The van der Waals surface area contributed by atoms with E-state index in [-0.39, 0.29) is 17.3 Å². The molecule has 7 nitrogen and oxygen atoms in total. The molecule has 1 aliphatic carbocycles. The molecule has 0 saturated heterocycles. The van der Waals surface area contributed by atoms with Gasteiger partial charge < -0.3 is 15.0 Å². The number of nitrogens with zero attached hydrogens (tertiary/aromatic N) is 3. The van der Waals surface area contributed by atoms with Gasteiger partial charge in [0.1, 0.15) is 0 Å². The van der Waals surface area contributed by atoms with Crippen LogP contribution in [-0.2, 0) is 7.05 Å². The molecule has 0 spiro atoms. The Hall–Kier alpha value is -3.06. The number of aryl methyl sites for hydroxylation is 2. The highest BCUT2D eigenvalue weighted by Gasteiger charge is 2.33. The molecule has 2 aromatic heterocycles. The van der Waals surface area contributed by atoms with Crippen molar-refractivity contribution in [2.75, 3.05) is 5.32 Å². The fraction of sp³-hybridized carbons (Fsp3) is 0.318. The molecule has 0 aliphatic heterocycles. The average molecular weight is 427 g/mol. The minimum Gasteiger partial charge on any atom is -0.476 e. The lowest BCUT2D eigenvalue weighted by molar-refractivity contribution is 0.0688. The van der Waals surface area contributed by atoms with E-state index in [2.05, 4.69) is 10.4 Å². The molecule has 0 radical (unpaired) electrons. The first-order valence-electron chi connectivity index (χ1n) is 9.78. The summed E-state index contributed by atoms with van der Waals surface area (Å²) in [5, 5.41) is 18.3. The predicted octanol–water partition coefficient (Wildman–Crippen LogP) is 4.09. The number of carboxylic acids is 1. The minimum atomic E-state index is -1.06. The van der Waals surface area contributed by atoms with Crippen LogP contribution >= 0.6 is 11.6 Å². The van der Waals surface area contributed by atoms with Gasteiger partial charge in [0.15, 0.2) is 5.69 Å². The molecule has 1 unspecified atom stereocenters. The average Bonchev–Trinajstić information content (AvgIpc) is 3.48. The molecular formula is C22H23ClN4O3. The lowest BCUT2D eigenvalue weighted by Gasteiger charge is -2.22. The van der Waals surface area contributed by atoms with Gasteiger partial charge in [0.25, 0.3) is 5.56 Å². The molecule has 1 atom stereocenters. The highest BCUT2D eigenvalue weighted by molar-refractivity contribution is 6.30. The Kier molecular flexibility index (Phi) is 5.15.